The Morgan fingerprint density at radius 2 is 1.62 bits per heavy atom. The third kappa shape index (κ3) is 8.31. The van der Waals surface area contributed by atoms with Gasteiger partial charge in [-0.3, -0.25) is 4.79 Å². The molecular formula is C35H37ClN4O4S. The third-order valence-electron chi connectivity index (χ3n) is 7.77. The number of aromatic nitrogens is 1. The van der Waals surface area contributed by atoms with Gasteiger partial charge in [-0.2, -0.15) is 0 Å². The number of anilines is 1. The number of hydrogen-bond donors (Lipinski definition) is 2. The summed E-state index contributed by atoms with van der Waals surface area (Å²) in [5.74, 6) is -0.312. The molecule has 1 aromatic heterocycles. The van der Waals surface area contributed by atoms with Crippen LogP contribution in [0.3, 0.4) is 0 Å². The van der Waals surface area contributed by atoms with Crippen LogP contribution in [0, 0.1) is 0 Å². The number of hydrogen-bond acceptors (Lipinski definition) is 8. The zero-order chi connectivity index (χ0) is 31.6. The summed E-state index contributed by atoms with van der Waals surface area (Å²) in [6.45, 7) is 1.44. The quantitative estimate of drug-likeness (QED) is 0.189. The molecule has 0 spiro atoms. The van der Waals surface area contributed by atoms with Gasteiger partial charge in [0.2, 0.25) is 0 Å². The Hall–Kier alpha value is -3.73. The van der Waals surface area contributed by atoms with E-state index in [4.69, 9.17) is 26.8 Å². The number of para-hydroxylation sites is 1. The molecule has 1 aliphatic rings. The zero-order valence-electron chi connectivity index (χ0n) is 25.1. The summed E-state index contributed by atoms with van der Waals surface area (Å²) in [6, 6.07) is 29.2. The van der Waals surface area contributed by atoms with E-state index < -0.39 is 24.0 Å². The molecule has 234 valence electrons. The van der Waals surface area contributed by atoms with Crippen molar-refractivity contribution in [3.8, 4) is 0 Å². The Labute approximate surface area is 273 Å². The first-order chi connectivity index (χ1) is 22.0. The highest BCUT2D eigenvalue weighted by molar-refractivity contribution is 7.99. The number of carbonyl (C=O) groups is 2. The highest BCUT2D eigenvalue weighted by Crippen LogP contribution is 2.31. The van der Waals surface area contributed by atoms with E-state index in [9.17, 15) is 9.59 Å². The maximum atomic E-state index is 14.2. The number of carbonyl (C=O) groups excluding carboxylic acids is 2. The van der Waals surface area contributed by atoms with E-state index in [1.54, 1.807) is 30.1 Å². The SMILES string of the molecule is COC(=O)N(C(=O)[C@@H](N)C(c1ccccc1)c1ccccc1)c1ccccc1CC[C@@H]1CNC[C@@H](CSc2ncccc2Cl)O1. The van der Waals surface area contributed by atoms with Crippen molar-refractivity contribution in [3.63, 3.8) is 0 Å². The zero-order valence-corrected chi connectivity index (χ0v) is 26.6. The third-order valence-corrected chi connectivity index (χ3v) is 9.32. The average Bonchev–Trinajstić information content (AvgIpc) is 3.08. The molecule has 0 radical (unpaired) electrons. The molecule has 1 fully saturated rings. The fourth-order valence-corrected chi connectivity index (χ4v) is 6.73. The Kier molecular flexibility index (Phi) is 11.6. The molecule has 0 unspecified atom stereocenters. The predicted octanol–water partition coefficient (Wildman–Crippen LogP) is 6.08. The summed E-state index contributed by atoms with van der Waals surface area (Å²) in [6.07, 6.45) is 2.13. The number of nitrogens with one attached hydrogen (secondary N) is 1. The molecule has 3 N–H and O–H groups in total. The summed E-state index contributed by atoms with van der Waals surface area (Å²) in [5, 5.41) is 4.88. The summed E-state index contributed by atoms with van der Waals surface area (Å²) >= 11 is 7.85. The van der Waals surface area contributed by atoms with Crippen molar-refractivity contribution >= 4 is 41.1 Å². The predicted molar refractivity (Wildman–Crippen MR) is 179 cm³/mol. The maximum Gasteiger partial charge on any atom is 0.420 e. The molecular weight excluding hydrogens is 608 g/mol. The second-order valence-electron chi connectivity index (χ2n) is 10.8. The van der Waals surface area contributed by atoms with Crippen molar-refractivity contribution in [1.29, 1.82) is 0 Å². The van der Waals surface area contributed by atoms with Crippen LogP contribution in [0.5, 0.6) is 0 Å². The van der Waals surface area contributed by atoms with Crippen LogP contribution in [0.1, 0.15) is 29.0 Å². The van der Waals surface area contributed by atoms with Gasteiger partial charge in [0, 0.05) is 31.0 Å². The average molecular weight is 645 g/mol. The Bertz CT molecular complexity index is 1520. The Morgan fingerprint density at radius 1 is 0.978 bits per heavy atom. The molecule has 2 heterocycles. The van der Waals surface area contributed by atoms with E-state index >= 15 is 0 Å². The van der Waals surface area contributed by atoms with Crippen LogP contribution in [0.25, 0.3) is 0 Å². The van der Waals surface area contributed by atoms with Crippen molar-refractivity contribution < 1.29 is 19.1 Å². The summed E-state index contributed by atoms with van der Waals surface area (Å²) < 4.78 is 11.5. The number of rotatable bonds is 11. The minimum Gasteiger partial charge on any atom is -0.452 e. The van der Waals surface area contributed by atoms with Gasteiger partial charge in [-0.15, -0.1) is 11.8 Å². The Balaban J connectivity index is 1.32. The second kappa shape index (κ2) is 16.0. The summed E-state index contributed by atoms with van der Waals surface area (Å²) in [4.78, 5) is 32.9. The lowest BCUT2D eigenvalue weighted by molar-refractivity contribution is -0.119. The van der Waals surface area contributed by atoms with Crippen LogP contribution >= 0.6 is 23.4 Å². The highest BCUT2D eigenvalue weighted by Gasteiger charge is 2.36. The Morgan fingerprint density at radius 3 is 2.29 bits per heavy atom. The first kappa shape index (κ1) is 32.7. The lowest BCUT2D eigenvalue weighted by atomic mass is 9.84. The molecule has 3 aromatic carbocycles. The second-order valence-corrected chi connectivity index (χ2v) is 12.2. The van der Waals surface area contributed by atoms with Crippen molar-refractivity contribution in [2.75, 3.05) is 30.9 Å². The van der Waals surface area contributed by atoms with E-state index in [-0.39, 0.29) is 12.2 Å². The molecule has 45 heavy (non-hydrogen) atoms. The molecule has 0 bridgehead atoms. The monoisotopic (exact) mass is 644 g/mol. The number of imide groups is 1. The molecule has 5 rings (SSSR count). The maximum absolute atomic E-state index is 14.2. The van der Waals surface area contributed by atoms with Gasteiger partial charge in [-0.25, -0.2) is 14.7 Å². The van der Waals surface area contributed by atoms with Gasteiger partial charge in [0.15, 0.2) is 0 Å². The highest BCUT2D eigenvalue weighted by atomic mass is 35.5. The number of methoxy groups -OCH3 is 1. The molecule has 3 atom stereocenters. The van der Waals surface area contributed by atoms with Gasteiger partial charge in [0.1, 0.15) is 5.03 Å². The first-order valence-electron chi connectivity index (χ1n) is 14.9. The molecule has 1 saturated heterocycles. The fourth-order valence-electron chi connectivity index (χ4n) is 5.57. The first-order valence-corrected chi connectivity index (χ1v) is 16.3. The normalized spacial score (nSPS) is 17.1. The van der Waals surface area contributed by atoms with Crippen LogP contribution in [0.15, 0.2) is 108 Å². The number of pyridine rings is 1. The van der Waals surface area contributed by atoms with Crippen LogP contribution in [0.2, 0.25) is 5.02 Å². The largest absolute Gasteiger partial charge is 0.452 e. The van der Waals surface area contributed by atoms with E-state index in [0.29, 0.717) is 35.8 Å². The van der Waals surface area contributed by atoms with E-state index in [1.807, 2.05) is 84.9 Å². The van der Waals surface area contributed by atoms with Gasteiger partial charge < -0.3 is 20.5 Å². The van der Waals surface area contributed by atoms with Crippen molar-refractivity contribution in [2.24, 2.45) is 5.73 Å². The molecule has 2 amide bonds. The van der Waals surface area contributed by atoms with Crippen LogP contribution in [-0.2, 0) is 20.7 Å². The van der Waals surface area contributed by atoms with E-state index in [1.165, 1.54) is 7.11 Å². The lowest BCUT2D eigenvalue weighted by Gasteiger charge is -2.32. The van der Waals surface area contributed by atoms with Crippen molar-refractivity contribution in [1.82, 2.24) is 10.3 Å². The molecule has 4 aromatic rings. The van der Waals surface area contributed by atoms with E-state index in [0.717, 1.165) is 33.2 Å². The standard InChI is InChI=1S/C35H37ClN4O4S/c1-43-35(42)40(34(41)32(37)31(25-12-4-2-5-13-25)26-14-6-3-7-15-26)30-17-9-8-11-24(30)18-19-27-21-38-22-28(44-27)23-45-33-29(36)16-10-20-39-33/h2-17,20,27-28,31-32,38H,18-19,21-23,37H2,1H3/t27-,28+,32+/m1/s1. The number of amides is 2. The number of morpholine rings is 1. The van der Waals surface area contributed by atoms with Gasteiger partial charge in [-0.05, 0) is 47.7 Å². The number of benzene rings is 3. The fraction of sp³-hybridized carbons (Fsp3) is 0.286. The van der Waals surface area contributed by atoms with Crippen molar-refractivity contribution in [2.45, 2.75) is 42.0 Å². The van der Waals surface area contributed by atoms with Crippen LogP contribution in [-0.4, -0.2) is 61.2 Å². The molecule has 10 heteroatoms. The van der Waals surface area contributed by atoms with Crippen molar-refractivity contribution in [3.05, 3.63) is 125 Å². The molecule has 0 saturated carbocycles. The van der Waals surface area contributed by atoms with Gasteiger partial charge in [0.25, 0.3) is 5.91 Å². The smallest absolute Gasteiger partial charge is 0.420 e. The van der Waals surface area contributed by atoms with Gasteiger partial charge in [-0.1, -0.05) is 90.5 Å². The summed E-state index contributed by atoms with van der Waals surface area (Å²) in [7, 11) is 1.26. The number of ether oxygens (including phenoxy) is 2. The molecule has 0 aliphatic carbocycles. The van der Waals surface area contributed by atoms with E-state index in [2.05, 4.69) is 10.3 Å². The molecule has 8 nitrogen and oxygen atoms in total. The van der Waals surface area contributed by atoms with Gasteiger partial charge >= 0.3 is 6.09 Å². The number of nitrogens with two attached hydrogens (primary N) is 1. The minimum absolute atomic E-state index is 0.0129. The minimum atomic E-state index is -1.06. The number of halogens is 1. The van der Waals surface area contributed by atoms with Crippen LogP contribution < -0.4 is 16.0 Å². The lowest BCUT2D eigenvalue weighted by Crippen LogP contribution is -2.50. The summed E-state index contributed by atoms with van der Waals surface area (Å²) in [5.41, 5.74) is 9.77. The van der Waals surface area contributed by atoms with Crippen LogP contribution in [0.4, 0.5) is 10.5 Å². The molecule has 1 aliphatic heterocycles. The van der Waals surface area contributed by atoms with Gasteiger partial charge in [0.05, 0.1) is 36.1 Å². The number of nitrogens with zero attached hydrogens (tertiary/aromatic N) is 2. The number of aryl methyl sites for hydroxylation is 1. The topological polar surface area (TPSA) is 107 Å². The number of thioether (sulfide) groups is 1.